The first-order valence-electron chi connectivity index (χ1n) is 5.24. The van der Waals surface area contributed by atoms with Crippen molar-refractivity contribution in [2.24, 2.45) is 5.73 Å². The first kappa shape index (κ1) is 12.0. The van der Waals surface area contributed by atoms with Crippen LogP contribution in [-0.2, 0) is 0 Å². The molecule has 0 aliphatic rings. The zero-order valence-electron chi connectivity index (χ0n) is 10.3. The van der Waals surface area contributed by atoms with E-state index in [9.17, 15) is 9.59 Å². The molecular formula is C11H16N2O3. The van der Waals surface area contributed by atoms with Crippen LogP contribution in [0.2, 0.25) is 1.41 Å². The average molecular weight is 225 g/mol. The molecule has 0 bridgehead atoms. The number of carbonyl (C=O) groups is 2. The highest BCUT2D eigenvalue weighted by Crippen LogP contribution is 1.96. The molecule has 0 unspecified atom stereocenters. The summed E-state index contributed by atoms with van der Waals surface area (Å²) in [5.74, 6) is -0.879. The number of aromatic carboxylic acids is 1. The average Bonchev–Trinajstić information content (AvgIpc) is 2.38. The van der Waals surface area contributed by atoms with Gasteiger partial charge in [-0.15, -0.1) is 0 Å². The van der Waals surface area contributed by atoms with Gasteiger partial charge in [-0.1, -0.05) is 18.2 Å². The molecule has 3 N–H and O–H groups in total. The summed E-state index contributed by atoms with van der Waals surface area (Å²) >= 11 is 0. The van der Waals surface area contributed by atoms with Crippen LogP contribution in [0.3, 0.4) is 0 Å². The number of amides is 2. The maximum absolute atomic E-state index is 10.4. The number of nitrogens with zero attached hydrogens (tertiary/aromatic N) is 1. The Morgan fingerprint density at radius 3 is 2.25 bits per heavy atom. The van der Waals surface area contributed by atoms with E-state index >= 15 is 0 Å². The van der Waals surface area contributed by atoms with Gasteiger partial charge in [0.15, 0.2) is 1.41 Å². The fraction of sp³-hybridized carbons (Fsp3) is 0.273. The first-order chi connectivity index (χ1) is 8.02. The van der Waals surface area contributed by atoms with Crippen molar-refractivity contribution in [3.05, 3.63) is 35.9 Å². The molecule has 1 aromatic rings. The summed E-state index contributed by atoms with van der Waals surface area (Å²) < 4.78 is 6.40. The van der Waals surface area contributed by atoms with Crippen molar-refractivity contribution in [1.82, 2.24) is 4.90 Å². The zero-order chi connectivity index (χ0) is 13.3. The Balaban J connectivity index is 0.000000304. The summed E-state index contributed by atoms with van der Waals surface area (Å²) in [6.45, 7) is 2.47. The molecule has 0 aliphatic carbocycles. The summed E-state index contributed by atoms with van der Waals surface area (Å²) in [6.07, 6.45) is 0. The quantitative estimate of drug-likeness (QED) is 0.798. The standard InChI is InChI=1S/C7H6O2.C4H10N2O/c8-7(9)6-4-2-1-3-5-6;1-3-6(2)4(5)7/h1-5H,(H,8,9);3H2,1-2H3,(H2,5,7)/i/hD. The highest BCUT2D eigenvalue weighted by molar-refractivity contribution is 5.87. The first-order valence-corrected chi connectivity index (χ1v) is 4.74. The molecule has 0 heterocycles. The number of hydrogen-bond donors (Lipinski definition) is 2. The van der Waals surface area contributed by atoms with Gasteiger partial charge < -0.3 is 15.7 Å². The maximum Gasteiger partial charge on any atom is 0.335 e. The fourth-order valence-electron chi connectivity index (χ4n) is 0.724. The number of carboxylic acid groups (broad SMARTS) is 1. The van der Waals surface area contributed by atoms with Crippen LogP contribution >= 0.6 is 0 Å². The molecule has 0 spiro atoms. The topological polar surface area (TPSA) is 83.6 Å². The largest absolute Gasteiger partial charge is 0.478 e. The van der Waals surface area contributed by atoms with E-state index in [1.54, 1.807) is 43.1 Å². The fourth-order valence-corrected chi connectivity index (χ4v) is 0.724. The lowest BCUT2D eigenvalue weighted by Crippen LogP contribution is -2.31. The highest BCUT2D eigenvalue weighted by atomic mass is 16.4. The summed E-state index contributed by atoms with van der Waals surface area (Å²) in [5.41, 5.74) is 2.08. The molecule has 0 aromatic heterocycles. The predicted octanol–water partition coefficient (Wildman–Crippen LogP) is 1.40. The molecule has 88 valence electrons. The summed E-state index contributed by atoms with van der Waals surface area (Å²) in [5, 5.41) is 8.38. The number of benzene rings is 1. The lowest BCUT2D eigenvalue weighted by atomic mass is 10.2. The second-order valence-electron chi connectivity index (χ2n) is 2.99. The maximum atomic E-state index is 10.4. The molecule has 0 aliphatic heterocycles. The Labute approximate surface area is 95.9 Å². The number of carboxylic acids is 1. The van der Waals surface area contributed by atoms with Crippen LogP contribution in [0.4, 0.5) is 4.79 Å². The smallest absolute Gasteiger partial charge is 0.335 e. The van der Waals surface area contributed by atoms with Gasteiger partial charge in [0.2, 0.25) is 0 Å². The van der Waals surface area contributed by atoms with Gasteiger partial charge in [0, 0.05) is 13.6 Å². The second-order valence-corrected chi connectivity index (χ2v) is 2.99. The molecule has 0 saturated heterocycles. The van der Waals surface area contributed by atoms with Gasteiger partial charge in [0.05, 0.1) is 5.56 Å². The van der Waals surface area contributed by atoms with Gasteiger partial charge in [0.25, 0.3) is 0 Å². The lowest BCUT2D eigenvalue weighted by Gasteiger charge is -2.08. The molecule has 16 heavy (non-hydrogen) atoms. The van der Waals surface area contributed by atoms with E-state index in [0.29, 0.717) is 12.1 Å². The minimum atomic E-state index is -0.879. The van der Waals surface area contributed by atoms with Crippen LogP contribution in [0, 0.1) is 0 Å². The van der Waals surface area contributed by atoms with Crippen molar-refractivity contribution in [2.75, 3.05) is 13.6 Å². The van der Waals surface area contributed by atoms with Crippen LogP contribution in [0.5, 0.6) is 0 Å². The van der Waals surface area contributed by atoms with Crippen LogP contribution in [0.25, 0.3) is 0 Å². The third kappa shape index (κ3) is 5.64. The van der Waals surface area contributed by atoms with E-state index in [4.69, 9.17) is 6.52 Å². The number of primary amides is 1. The van der Waals surface area contributed by atoms with Crippen molar-refractivity contribution < 1.29 is 16.1 Å². The molecule has 0 saturated carbocycles. The molecule has 0 fully saturated rings. The Morgan fingerprint density at radius 1 is 1.44 bits per heavy atom. The SMILES string of the molecule is O=C(O)c1ccccc1.[2H]NC(=O)N(C)CC. The molecular weight excluding hydrogens is 208 g/mol. The molecule has 0 atom stereocenters. The van der Waals surface area contributed by atoms with E-state index in [1.807, 2.05) is 6.92 Å². The van der Waals surface area contributed by atoms with Gasteiger partial charge in [-0.25, -0.2) is 9.59 Å². The van der Waals surface area contributed by atoms with Crippen LogP contribution in [0.15, 0.2) is 30.3 Å². The van der Waals surface area contributed by atoms with E-state index in [2.05, 4.69) is 0 Å². The second kappa shape index (κ2) is 7.28. The van der Waals surface area contributed by atoms with Crippen LogP contribution in [0.1, 0.15) is 17.3 Å². The van der Waals surface area contributed by atoms with Gasteiger partial charge in [-0.3, -0.25) is 0 Å². The van der Waals surface area contributed by atoms with Crippen molar-refractivity contribution in [1.29, 1.82) is 0 Å². The van der Waals surface area contributed by atoms with Crippen molar-refractivity contribution in [3.63, 3.8) is 0 Å². The molecule has 0 radical (unpaired) electrons. The minimum absolute atomic E-state index is 0.331. The van der Waals surface area contributed by atoms with E-state index in [0.717, 1.165) is 0 Å². The number of carbonyl (C=O) groups excluding carboxylic acids is 1. The Bertz CT molecular complexity index is 357. The normalized spacial score (nSPS) is 9.25. The summed E-state index contributed by atoms with van der Waals surface area (Å²) in [6, 6.07) is 7.93. The number of rotatable bonds is 2. The molecule has 5 heteroatoms. The van der Waals surface area contributed by atoms with Crippen molar-refractivity contribution in [3.8, 4) is 0 Å². The van der Waals surface area contributed by atoms with Crippen molar-refractivity contribution in [2.45, 2.75) is 6.92 Å². The zero-order valence-corrected chi connectivity index (χ0v) is 9.30. The third-order valence-corrected chi connectivity index (χ3v) is 1.84. The van der Waals surface area contributed by atoms with E-state index in [1.165, 1.54) is 4.90 Å². The predicted molar refractivity (Wildman–Crippen MR) is 61.3 cm³/mol. The molecule has 5 nitrogen and oxygen atoms in total. The van der Waals surface area contributed by atoms with Gasteiger partial charge in [0.1, 0.15) is 0 Å². The Morgan fingerprint density at radius 2 is 2.00 bits per heavy atom. The lowest BCUT2D eigenvalue weighted by molar-refractivity contribution is 0.0697. The third-order valence-electron chi connectivity index (χ3n) is 1.84. The minimum Gasteiger partial charge on any atom is -0.478 e. The van der Waals surface area contributed by atoms with E-state index in [-0.39, 0.29) is 6.03 Å². The highest BCUT2D eigenvalue weighted by Gasteiger charge is 1.96. The number of urea groups is 1. The Kier molecular flexibility index (Phi) is 5.47. The van der Waals surface area contributed by atoms with Crippen molar-refractivity contribution >= 4 is 12.0 Å². The van der Waals surface area contributed by atoms with Gasteiger partial charge in [-0.2, -0.15) is 0 Å². The Hall–Kier alpha value is -2.04. The van der Waals surface area contributed by atoms with Gasteiger partial charge in [-0.05, 0) is 19.1 Å². The monoisotopic (exact) mass is 225 g/mol. The van der Waals surface area contributed by atoms with Gasteiger partial charge >= 0.3 is 12.0 Å². The number of hydrogen-bond acceptors (Lipinski definition) is 2. The van der Waals surface area contributed by atoms with Crippen LogP contribution in [-0.4, -0.2) is 35.6 Å². The molecule has 1 rings (SSSR count). The number of nitrogens with two attached hydrogens (primary N) is 1. The summed E-state index contributed by atoms with van der Waals surface area (Å²) in [7, 11) is 1.63. The van der Waals surface area contributed by atoms with E-state index < -0.39 is 5.97 Å². The summed E-state index contributed by atoms with van der Waals surface area (Å²) in [4.78, 5) is 22.0. The molecule has 2 amide bonds. The molecule has 1 aromatic carbocycles. The van der Waals surface area contributed by atoms with Crippen LogP contribution < -0.4 is 5.73 Å².